The molecule has 0 aliphatic carbocycles. The van der Waals surface area contributed by atoms with Crippen LogP contribution in [0, 0.1) is 6.92 Å². The third-order valence-electron chi connectivity index (χ3n) is 7.02. The van der Waals surface area contributed by atoms with Crippen LogP contribution < -0.4 is 5.32 Å². The Kier molecular flexibility index (Phi) is 7.55. The molecule has 5 aromatic rings. The number of nitrogens with zero attached hydrogens (tertiary/aromatic N) is 2. The Morgan fingerprint density at radius 3 is 2.49 bits per heavy atom. The SMILES string of the molecule is CCCCc1nc2c(C)ccc(O)c2n1Cc1ccc(-c2ccccc2NC(=O)c2ccccc2C=O)cc1. The summed E-state index contributed by atoms with van der Waals surface area (Å²) in [6.07, 6.45) is 3.64. The average molecular weight is 518 g/mol. The van der Waals surface area contributed by atoms with Crippen LogP contribution in [0.15, 0.2) is 84.9 Å². The van der Waals surface area contributed by atoms with Crippen molar-refractivity contribution >= 4 is 28.9 Å². The van der Waals surface area contributed by atoms with E-state index in [4.69, 9.17) is 4.98 Å². The van der Waals surface area contributed by atoms with E-state index >= 15 is 0 Å². The highest BCUT2D eigenvalue weighted by Gasteiger charge is 2.17. The third-order valence-corrected chi connectivity index (χ3v) is 7.02. The molecule has 4 aromatic carbocycles. The number of benzene rings is 4. The Labute approximate surface area is 228 Å². The smallest absolute Gasteiger partial charge is 0.256 e. The summed E-state index contributed by atoms with van der Waals surface area (Å²) in [5.41, 5.74) is 6.93. The monoisotopic (exact) mass is 517 g/mol. The summed E-state index contributed by atoms with van der Waals surface area (Å²) in [7, 11) is 0. The van der Waals surface area contributed by atoms with Crippen LogP contribution in [0.4, 0.5) is 5.69 Å². The molecule has 0 spiro atoms. The van der Waals surface area contributed by atoms with Crippen molar-refractivity contribution in [1.82, 2.24) is 9.55 Å². The van der Waals surface area contributed by atoms with Crippen LogP contribution in [-0.2, 0) is 13.0 Å². The second-order valence-electron chi connectivity index (χ2n) is 9.72. The number of anilines is 1. The molecule has 1 amide bonds. The van der Waals surface area contributed by atoms with Crippen molar-refractivity contribution in [3.63, 3.8) is 0 Å². The molecule has 1 heterocycles. The summed E-state index contributed by atoms with van der Waals surface area (Å²) in [6.45, 7) is 4.77. The molecule has 1 aromatic heterocycles. The molecule has 6 nitrogen and oxygen atoms in total. The zero-order chi connectivity index (χ0) is 27.4. The minimum absolute atomic E-state index is 0.239. The number of aromatic hydroxyl groups is 1. The van der Waals surface area contributed by atoms with Crippen molar-refractivity contribution in [2.24, 2.45) is 0 Å². The van der Waals surface area contributed by atoms with E-state index in [1.165, 1.54) is 0 Å². The Morgan fingerprint density at radius 1 is 0.974 bits per heavy atom. The highest BCUT2D eigenvalue weighted by Crippen LogP contribution is 2.31. The maximum absolute atomic E-state index is 13.0. The lowest BCUT2D eigenvalue weighted by Crippen LogP contribution is -2.14. The minimum Gasteiger partial charge on any atom is -0.506 e. The first-order valence-electron chi connectivity index (χ1n) is 13.2. The molecular weight excluding hydrogens is 486 g/mol. The number of phenols is 1. The zero-order valence-corrected chi connectivity index (χ0v) is 22.1. The van der Waals surface area contributed by atoms with E-state index in [2.05, 4.69) is 28.9 Å². The minimum atomic E-state index is -0.330. The lowest BCUT2D eigenvalue weighted by molar-refractivity contribution is 0.101. The number of hydrogen-bond donors (Lipinski definition) is 2. The molecule has 0 aliphatic heterocycles. The molecule has 0 saturated carbocycles. The lowest BCUT2D eigenvalue weighted by Gasteiger charge is -2.14. The fraction of sp³-hybridized carbons (Fsp3) is 0.182. The molecule has 39 heavy (non-hydrogen) atoms. The summed E-state index contributed by atoms with van der Waals surface area (Å²) in [5, 5.41) is 13.7. The summed E-state index contributed by atoms with van der Waals surface area (Å²) < 4.78 is 2.13. The van der Waals surface area contributed by atoms with Gasteiger partial charge < -0.3 is 15.0 Å². The van der Waals surface area contributed by atoms with Crippen molar-refractivity contribution in [2.75, 3.05) is 5.32 Å². The second-order valence-corrected chi connectivity index (χ2v) is 9.72. The molecule has 6 heteroatoms. The fourth-order valence-corrected chi connectivity index (χ4v) is 4.90. The van der Waals surface area contributed by atoms with Gasteiger partial charge in [0.05, 0.1) is 11.1 Å². The number of carbonyl (C=O) groups is 2. The van der Waals surface area contributed by atoms with Gasteiger partial charge in [-0.2, -0.15) is 0 Å². The number of carbonyl (C=O) groups excluding carboxylic acids is 2. The molecule has 196 valence electrons. The number of aldehydes is 1. The van der Waals surface area contributed by atoms with Gasteiger partial charge in [-0.05, 0) is 48.2 Å². The molecule has 0 atom stereocenters. The Bertz CT molecular complexity index is 1650. The highest BCUT2D eigenvalue weighted by atomic mass is 16.3. The number of hydrogen-bond acceptors (Lipinski definition) is 4. The maximum Gasteiger partial charge on any atom is 0.256 e. The number of fused-ring (bicyclic) bond motifs is 1. The van der Waals surface area contributed by atoms with Gasteiger partial charge in [0.15, 0.2) is 6.29 Å². The first kappa shape index (κ1) is 25.9. The molecule has 2 N–H and O–H groups in total. The highest BCUT2D eigenvalue weighted by molar-refractivity contribution is 6.10. The zero-order valence-electron chi connectivity index (χ0n) is 22.1. The van der Waals surface area contributed by atoms with E-state index in [0.717, 1.165) is 58.4 Å². The molecule has 0 aliphatic rings. The summed E-state index contributed by atoms with van der Waals surface area (Å²) >= 11 is 0. The molecule has 0 saturated heterocycles. The number of unbranched alkanes of at least 4 members (excludes halogenated alkanes) is 1. The van der Waals surface area contributed by atoms with Gasteiger partial charge in [0, 0.05) is 29.8 Å². The Morgan fingerprint density at radius 2 is 1.72 bits per heavy atom. The van der Waals surface area contributed by atoms with Gasteiger partial charge >= 0.3 is 0 Å². The number of aromatic nitrogens is 2. The van der Waals surface area contributed by atoms with Crippen molar-refractivity contribution in [1.29, 1.82) is 0 Å². The van der Waals surface area contributed by atoms with E-state index < -0.39 is 0 Å². The standard InChI is InChI=1S/C33H31N3O3/c1-3-4-13-30-35-31-22(2)14-19-29(38)32(31)36(30)20-23-15-17-24(18-16-23)26-10-7-8-12-28(26)34-33(39)27-11-6-5-9-25(27)21-37/h5-12,14-19,21,38H,3-4,13,20H2,1-2H3,(H,34,39). The van der Waals surface area contributed by atoms with E-state index in [-0.39, 0.29) is 11.7 Å². The van der Waals surface area contributed by atoms with Crippen LogP contribution in [0.1, 0.15) is 57.4 Å². The Hall–Kier alpha value is -4.71. The predicted molar refractivity (Wildman–Crippen MR) is 156 cm³/mol. The molecule has 0 bridgehead atoms. The Balaban J connectivity index is 1.43. The number of para-hydroxylation sites is 1. The normalized spacial score (nSPS) is 11.0. The maximum atomic E-state index is 13.0. The molecule has 0 radical (unpaired) electrons. The first-order chi connectivity index (χ1) is 19.0. The topological polar surface area (TPSA) is 84.2 Å². The summed E-state index contributed by atoms with van der Waals surface area (Å²) in [6, 6.07) is 26.2. The van der Waals surface area contributed by atoms with Crippen LogP contribution in [-0.4, -0.2) is 26.9 Å². The van der Waals surface area contributed by atoms with E-state index in [1.54, 1.807) is 30.3 Å². The van der Waals surface area contributed by atoms with Gasteiger partial charge in [-0.15, -0.1) is 0 Å². The molecule has 5 rings (SSSR count). The van der Waals surface area contributed by atoms with Gasteiger partial charge in [-0.3, -0.25) is 9.59 Å². The summed E-state index contributed by atoms with van der Waals surface area (Å²) in [5.74, 6) is 0.885. The van der Waals surface area contributed by atoms with Crippen LogP contribution in [0.3, 0.4) is 0 Å². The van der Waals surface area contributed by atoms with Crippen molar-refractivity contribution in [2.45, 2.75) is 39.7 Å². The second kappa shape index (κ2) is 11.4. The predicted octanol–water partition coefficient (Wildman–Crippen LogP) is 7.17. The van der Waals surface area contributed by atoms with Gasteiger partial charge in [0.25, 0.3) is 5.91 Å². The van der Waals surface area contributed by atoms with Gasteiger partial charge in [-0.1, -0.05) is 80.1 Å². The van der Waals surface area contributed by atoms with Crippen LogP contribution in [0.5, 0.6) is 5.75 Å². The van der Waals surface area contributed by atoms with Gasteiger partial charge in [0.2, 0.25) is 0 Å². The number of aryl methyl sites for hydroxylation is 2. The number of rotatable bonds is 9. The quantitative estimate of drug-likeness (QED) is 0.203. The van der Waals surface area contributed by atoms with Crippen LogP contribution in [0.25, 0.3) is 22.2 Å². The number of phenolic OH excluding ortho intramolecular Hbond substituents is 1. The van der Waals surface area contributed by atoms with Crippen molar-refractivity contribution in [3.8, 4) is 16.9 Å². The number of nitrogens with one attached hydrogen (secondary N) is 1. The van der Waals surface area contributed by atoms with E-state index in [9.17, 15) is 14.7 Å². The van der Waals surface area contributed by atoms with Crippen LogP contribution >= 0.6 is 0 Å². The third kappa shape index (κ3) is 5.32. The summed E-state index contributed by atoms with van der Waals surface area (Å²) in [4.78, 5) is 29.3. The average Bonchev–Trinajstić information content (AvgIpc) is 3.33. The van der Waals surface area contributed by atoms with E-state index in [1.807, 2.05) is 49.4 Å². The van der Waals surface area contributed by atoms with Crippen molar-refractivity contribution in [3.05, 3.63) is 113 Å². The fourth-order valence-electron chi connectivity index (χ4n) is 4.90. The lowest BCUT2D eigenvalue weighted by atomic mass is 10.0. The van der Waals surface area contributed by atoms with Crippen LogP contribution in [0.2, 0.25) is 0 Å². The number of amides is 1. The first-order valence-corrected chi connectivity index (χ1v) is 13.2. The van der Waals surface area contributed by atoms with Gasteiger partial charge in [0.1, 0.15) is 17.1 Å². The van der Waals surface area contributed by atoms with Crippen molar-refractivity contribution < 1.29 is 14.7 Å². The molecular formula is C33H31N3O3. The van der Waals surface area contributed by atoms with Gasteiger partial charge in [-0.25, -0.2) is 4.98 Å². The number of imidazole rings is 1. The molecule has 0 unspecified atom stereocenters. The van der Waals surface area contributed by atoms with E-state index in [0.29, 0.717) is 29.6 Å². The molecule has 0 fully saturated rings. The largest absolute Gasteiger partial charge is 0.506 e.